The number of aromatic hydroxyl groups is 1. The molecule has 0 radical (unpaired) electrons. The summed E-state index contributed by atoms with van der Waals surface area (Å²) in [5.41, 5.74) is 3.26. The van der Waals surface area contributed by atoms with Crippen molar-refractivity contribution in [3.05, 3.63) is 84.8 Å². The number of aromatic nitrogens is 2. The van der Waals surface area contributed by atoms with Crippen molar-refractivity contribution in [1.29, 1.82) is 0 Å². The summed E-state index contributed by atoms with van der Waals surface area (Å²) in [5.74, 6) is 0.897. The van der Waals surface area contributed by atoms with Crippen molar-refractivity contribution in [2.45, 2.75) is 0 Å². The number of benzene rings is 2. The van der Waals surface area contributed by atoms with E-state index >= 15 is 0 Å². The molecule has 0 atom stereocenters. The highest BCUT2D eigenvalue weighted by molar-refractivity contribution is 5.89. The standard InChI is InChI=1S/C20H15N3O2/c24-18-10-8-16(9-11-18)21-13-15-14-23(17-5-2-1-3-6-17)22-20(15)19-7-4-12-25-19/h1-14,24H. The summed E-state index contributed by atoms with van der Waals surface area (Å²) in [6.45, 7) is 0. The molecule has 122 valence electrons. The molecule has 2 aromatic heterocycles. The lowest BCUT2D eigenvalue weighted by molar-refractivity contribution is 0.475. The van der Waals surface area contributed by atoms with E-state index in [1.165, 1.54) is 0 Å². The van der Waals surface area contributed by atoms with Crippen LogP contribution in [-0.2, 0) is 0 Å². The number of phenolic OH excluding ortho intramolecular Hbond substituents is 1. The molecule has 2 heterocycles. The fourth-order valence-corrected chi connectivity index (χ4v) is 2.48. The van der Waals surface area contributed by atoms with Crippen LogP contribution in [0.1, 0.15) is 5.56 Å². The van der Waals surface area contributed by atoms with E-state index in [9.17, 15) is 5.11 Å². The molecular formula is C20H15N3O2. The molecule has 0 bridgehead atoms. The molecule has 4 rings (SSSR count). The van der Waals surface area contributed by atoms with Gasteiger partial charge in [-0.15, -0.1) is 0 Å². The average molecular weight is 329 g/mol. The molecule has 1 N–H and O–H groups in total. The van der Waals surface area contributed by atoms with Gasteiger partial charge in [-0.25, -0.2) is 4.68 Å². The van der Waals surface area contributed by atoms with Crippen molar-refractivity contribution in [3.8, 4) is 22.9 Å². The predicted octanol–water partition coefficient (Wildman–Crippen LogP) is 4.59. The van der Waals surface area contributed by atoms with Crippen LogP contribution in [0, 0.1) is 0 Å². The Hall–Kier alpha value is -3.60. The number of phenols is 1. The number of hydrogen-bond acceptors (Lipinski definition) is 4. The minimum atomic E-state index is 0.215. The molecule has 5 nitrogen and oxygen atoms in total. The first-order valence-electron chi connectivity index (χ1n) is 7.82. The first-order valence-corrected chi connectivity index (χ1v) is 7.82. The Morgan fingerprint density at radius 3 is 2.48 bits per heavy atom. The molecule has 5 heteroatoms. The molecule has 0 aliphatic heterocycles. The molecule has 0 amide bonds. The lowest BCUT2D eigenvalue weighted by Crippen LogP contribution is -1.93. The molecule has 0 aliphatic rings. The second kappa shape index (κ2) is 6.49. The Morgan fingerprint density at radius 1 is 0.960 bits per heavy atom. The predicted molar refractivity (Wildman–Crippen MR) is 96.6 cm³/mol. The SMILES string of the molecule is Oc1ccc(N=Cc2cn(-c3ccccc3)nc2-c2ccco2)cc1. The monoisotopic (exact) mass is 329 g/mol. The van der Waals surface area contributed by atoms with E-state index in [0.29, 0.717) is 5.76 Å². The van der Waals surface area contributed by atoms with Crippen LogP contribution in [0.25, 0.3) is 17.1 Å². The van der Waals surface area contributed by atoms with E-state index in [-0.39, 0.29) is 5.75 Å². The summed E-state index contributed by atoms with van der Waals surface area (Å²) >= 11 is 0. The maximum absolute atomic E-state index is 9.36. The molecule has 0 spiro atoms. The van der Waals surface area contributed by atoms with Gasteiger partial charge in [0.1, 0.15) is 11.4 Å². The topological polar surface area (TPSA) is 63.6 Å². The maximum Gasteiger partial charge on any atom is 0.154 e. The Balaban J connectivity index is 1.75. The normalized spacial score (nSPS) is 11.2. The van der Waals surface area contributed by atoms with Crippen LogP contribution in [0.3, 0.4) is 0 Å². The zero-order valence-electron chi connectivity index (χ0n) is 13.3. The summed E-state index contributed by atoms with van der Waals surface area (Å²) in [5, 5.41) is 14.0. The number of nitrogens with zero attached hydrogens (tertiary/aromatic N) is 3. The summed E-state index contributed by atoms with van der Waals surface area (Å²) in [6, 6.07) is 20.3. The fraction of sp³-hybridized carbons (Fsp3) is 0. The van der Waals surface area contributed by atoms with Crippen LogP contribution >= 0.6 is 0 Å². The fourth-order valence-electron chi connectivity index (χ4n) is 2.48. The van der Waals surface area contributed by atoms with Crippen molar-refractivity contribution >= 4 is 11.9 Å². The quantitative estimate of drug-likeness (QED) is 0.557. The lowest BCUT2D eigenvalue weighted by atomic mass is 10.2. The van der Waals surface area contributed by atoms with E-state index in [1.54, 1.807) is 41.4 Å². The van der Waals surface area contributed by atoms with Crippen LogP contribution in [0.2, 0.25) is 0 Å². The third-order valence-electron chi connectivity index (χ3n) is 3.72. The summed E-state index contributed by atoms with van der Waals surface area (Å²) in [6.07, 6.45) is 5.28. The largest absolute Gasteiger partial charge is 0.508 e. The average Bonchev–Trinajstić information content (AvgIpc) is 3.31. The first kappa shape index (κ1) is 15.0. The van der Waals surface area contributed by atoms with Gasteiger partial charge in [-0.1, -0.05) is 18.2 Å². The second-order valence-electron chi connectivity index (χ2n) is 5.47. The summed E-state index contributed by atoms with van der Waals surface area (Å²) in [4.78, 5) is 4.46. The Kier molecular flexibility index (Phi) is 3.88. The summed E-state index contributed by atoms with van der Waals surface area (Å²) in [7, 11) is 0. The summed E-state index contributed by atoms with van der Waals surface area (Å²) < 4.78 is 7.31. The van der Waals surface area contributed by atoms with Gasteiger partial charge in [0, 0.05) is 18.0 Å². The molecule has 0 fully saturated rings. The Bertz CT molecular complexity index is 985. The van der Waals surface area contributed by atoms with Gasteiger partial charge in [-0.2, -0.15) is 5.10 Å². The Labute approximate surface area is 144 Å². The lowest BCUT2D eigenvalue weighted by Gasteiger charge is -1.98. The Morgan fingerprint density at radius 2 is 1.76 bits per heavy atom. The minimum Gasteiger partial charge on any atom is -0.508 e. The van der Waals surface area contributed by atoms with Gasteiger partial charge >= 0.3 is 0 Å². The van der Waals surface area contributed by atoms with E-state index in [1.807, 2.05) is 48.7 Å². The molecule has 25 heavy (non-hydrogen) atoms. The van der Waals surface area contributed by atoms with Crippen molar-refractivity contribution in [1.82, 2.24) is 9.78 Å². The van der Waals surface area contributed by atoms with E-state index in [4.69, 9.17) is 4.42 Å². The van der Waals surface area contributed by atoms with Crippen LogP contribution in [0.15, 0.2) is 88.6 Å². The van der Waals surface area contributed by atoms with Crippen LogP contribution in [0.4, 0.5) is 5.69 Å². The van der Waals surface area contributed by atoms with Gasteiger partial charge in [0.15, 0.2) is 5.76 Å². The molecule has 0 saturated heterocycles. The zero-order chi connectivity index (χ0) is 17.1. The third-order valence-corrected chi connectivity index (χ3v) is 3.72. The molecular weight excluding hydrogens is 314 g/mol. The minimum absolute atomic E-state index is 0.215. The molecule has 0 aliphatic carbocycles. The number of hydrogen-bond donors (Lipinski definition) is 1. The number of aliphatic imine (C=N–C) groups is 1. The number of rotatable bonds is 4. The number of para-hydroxylation sites is 1. The van der Waals surface area contributed by atoms with E-state index < -0.39 is 0 Å². The second-order valence-corrected chi connectivity index (χ2v) is 5.47. The van der Waals surface area contributed by atoms with Crippen molar-refractivity contribution < 1.29 is 9.52 Å². The van der Waals surface area contributed by atoms with Gasteiger partial charge in [0.2, 0.25) is 0 Å². The molecule has 0 saturated carbocycles. The van der Waals surface area contributed by atoms with Crippen LogP contribution in [0.5, 0.6) is 5.75 Å². The highest BCUT2D eigenvalue weighted by Crippen LogP contribution is 2.24. The van der Waals surface area contributed by atoms with Gasteiger partial charge in [-0.05, 0) is 48.5 Å². The van der Waals surface area contributed by atoms with Gasteiger partial charge in [0.25, 0.3) is 0 Å². The first-order chi connectivity index (χ1) is 12.3. The molecule has 4 aromatic rings. The smallest absolute Gasteiger partial charge is 0.154 e. The van der Waals surface area contributed by atoms with Crippen LogP contribution in [-0.4, -0.2) is 21.1 Å². The van der Waals surface area contributed by atoms with Crippen LogP contribution < -0.4 is 0 Å². The third kappa shape index (κ3) is 3.21. The number of furan rings is 1. The maximum atomic E-state index is 9.36. The van der Waals surface area contributed by atoms with E-state index in [0.717, 1.165) is 22.6 Å². The van der Waals surface area contributed by atoms with Crippen molar-refractivity contribution in [2.24, 2.45) is 4.99 Å². The zero-order valence-corrected chi connectivity index (χ0v) is 13.3. The molecule has 2 aromatic carbocycles. The van der Waals surface area contributed by atoms with Crippen molar-refractivity contribution in [2.75, 3.05) is 0 Å². The van der Waals surface area contributed by atoms with Gasteiger partial charge < -0.3 is 9.52 Å². The molecule has 0 unspecified atom stereocenters. The van der Waals surface area contributed by atoms with Gasteiger partial charge in [-0.3, -0.25) is 4.99 Å². The highest BCUT2D eigenvalue weighted by Gasteiger charge is 2.13. The van der Waals surface area contributed by atoms with Crippen molar-refractivity contribution in [3.63, 3.8) is 0 Å². The van der Waals surface area contributed by atoms with Gasteiger partial charge in [0.05, 0.1) is 17.6 Å². The highest BCUT2D eigenvalue weighted by atomic mass is 16.3. The van der Waals surface area contributed by atoms with E-state index in [2.05, 4.69) is 10.1 Å².